The molecule has 0 radical (unpaired) electrons. The van der Waals surface area contributed by atoms with Gasteiger partial charge < -0.3 is 4.74 Å². The molecule has 0 atom stereocenters. The van der Waals surface area contributed by atoms with E-state index in [0.717, 1.165) is 11.8 Å². The van der Waals surface area contributed by atoms with Gasteiger partial charge in [0.15, 0.2) is 11.6 Å². The van der Waals surface area contributed by atoms with Crippen LogP contribution in [0.5, 0.6) is 5.75 Å². The van der Waals surface area contributed by atoms with E-state index in [9.17, 15) is 4.39 Å². The van der Waals surface area contributed by atoms with Crippen LogP contribution in [0.25, 0.3) is 0 Å². The van der Waals surface area contributed by atoms with Crippen LogP contribution in [0.15, 0.2) is 18.2 Å². The normalized spacial score (nSPS) is 26.7. The van der Waals surface area contributed by atoms with Crippen LogP contribution >= 0.6 is 0 Å². The Bertz CT molecular complexity index is 617. The maximum Gasteiger partial charge on any atom is 0.165 e. The molecular formula is C28H47FOSi. The van der Waals surface area contributed by atoms with Gasteiger partial charge in [0.25, 0.3) is 0 Å². The van der Waals surface area contributed by atoms with Crippen LogP contribution in [0.3, 0.4) is 0 Å². The maximum atomic E-state index is 14.2. The number of ether oxygens (including phenoxy) is 1. The first kappa shape index (κ1) is 24.8. The topological polar surface area (TPSA) is 9.23 Å². The highest BCUT2D eigenvalue weighted by Gasteiger charge is 2.24. The third-order valence-electron chi connectivity index (χ3n) is 8.23. The molecule has 1 saturated heterocycles. The molecule has 1 nitrogen and oxygen atoms in total. The molecule has 0 unspecified atom stereocenters. The van der Waals surface area contributed by atoms with Gasteiger partial charge in [0.05, 0.1) is 6.61 Å². The first-order valence-corrected chi connectivity index (χ1v) is 16.1. The lowest BCUT2D eigenvalue weighted by atomic mass is 9.77. The second-order valence-electron chi connectivity index (χ2n) is 10.5. The Kier molecular flexibility index (Phi) is 10.9. The predicted molar refractivity (Wildman–Crippen MR) is 135 cm³/mol. The number of halogens is 1. The van der Waals surface area contributed by atoms with Gasteiger partial charge in [0, 0.05) is 8.80 Å². The molecule has 1 aromatic rings. The van der Waals surface area contributed by atoms with Crippen LogP contribution in [-0.4, -0.2) is 15.4 Å². The van der Waals surface area contributed by atoms with Crippen molar-refractivity contribution in [1.29, 1.82) is 0 Å². The summed E-state index contributed by atoms with van der Waals surface area (Å²) in [5, 5.41) is 0. The van der Waals surface area contributed by atoms with Crippen molar-refractivity contribution in [3.63, 3.8) is 0 Å². The largest absolute Gasteiger partial charge is 0.491 e. The number of unbranched alkanes of at least 4 members (excludes halogenated alkanes) is 3. The molecule has 1 saturated carbocycles. The van der Waals surface area contributed by atoms with Gasteiger partial charge in [-0.2, -0.15) is 0 Å². The van der Waals surface area contributed by atoms with Gasteiger partial charge in [0.2, 0.25) is 0 Å². The minimum atomic E-state index is -0.333. The van der Waals surface area contributed by atoms with Gasteiger partial charge >= 0.3 is 0 Å². The molecule has 0 aromatic heterocycles. The zero-order valence-electron chi connectivity index (χ0n) is 20.3. The van der Waals surface area contributed by atoms with Crippen molar-refractivity contribution in [2.45, 2.75) is 121 Å². The fourth-order valence-corrected chi connectivity index (χ4v) is 9.80. The van der Waals surface area contributed by atoms with Gasteiger partial charge in [-0.05, 0) is 68.1 Å². The first-order chi connectivity index (χ1) is 15.2. The Balaban J connectivity index is 1.26. The Morgan fingerprint density at radius 1 is 0.871 bits per heavy atom. The van der Waals surface area contributed by atoms with Gasteiger partial charge in [-0.15, -0.1) is 0 Å². The summed E-state index contributed by atoms with van der Waals surface area (Å²) in [5.41, 5.74) is 1.17. The van der Waals surface area contributed by atoms with Gasteiger partial charge in [-0.1, -0.05) is 88.9 Å². The van der Waals surface area contributed by atoms with Gasteiger partial charge in [-0.3, -0.25) is 0 Å². The van der Waals surface area contributed by atoms with Crippen molar-refractivity contribution >= 4 is 8.80 Å². The second kappa shape index (κ2) is 13.7. The summed E-state index contributed by atoms with van der Waals surface area (Å²) >= 11 is 0. The van der Waals surface area contributed by atoms with E-state index >= 15 is 0 Å². The van der Waals surface area contributed by atoms with Crippen molar-refractivity contribution in [2.75, 3.05) is 6.61 Å². The minimum absolute atomic E-state index is 0.195. The Morgan fingerprint density at radius 3 is 2.16 bits per heavy atom. The van der Waals surface area contributed by atoms with E-state index in [1.807, 2.05) is 13.0 Å². The molecule has 1 heterocycles. The van der Waals surface area contributed by atoms with Crippen LogP contribution in [0.4, 0.5) is 4.39 Å². The summed E-state index contributed by atoms with van der Waals surface area (Å²) in [6, 6.07) is 10.5. The molecule has 31 heavy (non-hydrogen) atoms. The molecule has 0 N–H and O–H groups in total. The third-order valence-corrected chi connectivity index (χ3v) is 11.8. The second-order valence-corrected chi connectivity index (χ2v) is 14.0. The zero-order chi connectivity index (χ0) is 21.9. The van der Waals surface area contributed by atoms with Crippen LogP contribution in [0, 0.1) is 17.7 Å². The smallest absolute Gasteiger partial charge is 0.165 e. The average Bonchev–Trinajstić information content (AvgIpc) is 2.80. The summed E-state index contributed by atoms with van der Waals surface area (Å²) in [5.74, 6) is 2.70. The molecule has 3 heteroatoms. The van der Waals surface area contributed by atoms with E-state index in [1.54, 1.807) is 37.0 Å². The highest BCUT2D eigenvalue weighted by Crippen LogP contribution is 2.39. The van der Waals surface area contributed by atoms with Crippen molar-refractivity contribution in [3.05, 3.63) is 29.6 Å². The van der Waals surface area contributed by atoms with Crippen LogP contribution in [0.1, 0.15) is 109 Å². The fourth-order valence-electron chi connectivity index (χ4n) is 6.19. The highest BCUT2D eigenvalue weighted by molar-refractivity contribution is 6.58. The predicted octanol–water partition coefficient (Wildman–Crippen LogP) is 8.89. The van der Waals surface area contributed by atoms with Crippen LogP contribution < -0.4 is 4.74 Å². The molecule has 176 valence electrons. The molecule has 1 aliphatic heterocycles. The van der Waals surface area contributed by atoms with Crippen molar-refractivity contribution in [2.24, 2.45) is 11.8 Å². The number of rotatable bonds is 12. The number of hydrogen-bond acceptors (Lipinski definition) is 1. The third kappa shape index (κ3) is 8.22. The SMILES string of the molecule is CCCCC[SiH]1CCC(CCCCC2CCC(c3ccc(OCC)c(F)c3)CC2)CC1. The van der Waals surface area contributed by atoms with Crippen LogP contribution in [-0.2, 0) is 0 Å². The molecule has 2 aliphatic rings. The summed E-state index contributed by atoms with van der Waals surface area (Å²) < 4.78 is 19.5. The zero-order valence-corrected chi connectivity index (χ0v) is 21.5. The van der Waals surface area contributed by atoms with Crippen LogP contribution in [0.2, 0.25) is 18.1 Å². The quantitative estimate of drug-likeness (QED) is 0.230. The number of hydrogen-bond donors (Lipinski definition) is 0. The molecule has 1 aromatic carbocycles. The molecule has 1 aliphatic carbocycles. The fraction of sp³-hybridized carbons (Fsp3) is 0.786. The summed E-state index contributed by atoms with van der Waals surface area (Å²) in [7, 11) is -0.333. The van der Waals surface area contributed by atoms with E-state index in [-0.39, 0.29) is 14.6 Å². The van der Waals surface area contributed by atoms with Crippen molar-refractivity contribution < 1.29 is 9.13 Å². The molecule has 3 rings (SSSR count). The molecule has 0 spiro atoms. The number of benzene rings is 1. The van der Waals surface area contributed by atoms with Gasteiger partial charge in [0.1, 0.15) is 0 Å². The maximum absolute atomic E-state index is 14.2. The Labute approximate surface area is 193 Å². The summed E-state index contributed by atoms with van der Waals surface area (Å²) in [4.78, 5) is 0. The van der Waals surface area contributed by atoms with E-state index in [4.69, 9.17) is 4.74 Å². The standard InChI is InChI=1S/C28H47FOSi/c1-3-5-8-19-31-20-17-24(18-21-31)10-7-6-9-23-11-13-25(14-12-23)26-15-16-28(30-4-2)27(29)22-26/h15-16,22-25,31H,3-14,17-21H2,1-2H3. The summed E-state index contributed by atoms with van der Waals surface area (Å²) in [6.07, 6.45) is 18.4. The minimum Gasteiger partial charge on any atom is -0.491 e. The molecular weight excluding hydrogens is 399 g/mol. The first-order valence-electron chi connectivity index (χ1n) is 13.6. The van der Waals surface area contributed by atoms with Crippen molar-refractivity contribution in [3.8, 4) is 5.75 Å². The monoisotopic (exact) mass is 446 g/mol. The molecule has 0 amide bonds. The highest BCUT2D eigenvalue weighted by atomic mass is 28.3. The van der Waals surface area contributed by atoms with E-state index < -0.39 is 0 Å². The lowest BCUT2D eigenvalue weighted by molar-refractivity contribution is 0.295. The molecule has 0 bridgehead atoms. The lowest BCUT2D eigenvalue weighted by Crippen LogP contribution is -2.21. The summed E-state index contributed by atoms with van der Waals surface area (Å²) in [6.45, 7) is 4.74. The molecule has 2 fully saturated rings. The Hall–Kier alpha value is -0.833. The average molecular weight is 447 g/mol. The Morgan fingerprint density at radius 2 is 1.55 bits per heavy atom. The van der Waals surface area contributed by atoms with E-state index in [2.05, 4.69) is 13.0 Å². The van der Waals surface area contributed by atoms with Crippen molar-refractivity contribution in [1.82, 2.24) is 0 Å². The van der Waals surface area contributed by atoms with E-state index in [1.165, 1.54) is 76.2 Å². The van der Waals surface area contributed by atoms with Gasteiger partial charge in [-0.25, -0.2) is 4.39 Å². The van der Waals surface area contributed by atoms with E-state index in [0.29, 0.717) is 18.3 Å². The lowest BCUT2D eigenvalue weighted by Gasteiger charge is -2.30.